The Morgan fingerprint density at radius 2 is 1.96 bits per heavy atom. The standard InChI is InChI=1S/C20H24N4O2/c1-24-12-16(15-7-9-21-10-8-15)3-2-4-20(22-13-24)23-17-5-6-18-19(11-17)26-14-25-18/h2-6,11-13,15,21,23H,7-10,14H2,1H3. The van der Waals surface area contributed by atoms with Crippen LogP contribution in [0.15, 0.2) is 48.9 Å². The van der Waals surface area contributed by atoms with Gasteiger partial charge in [0.15, 0.2) is 11.5 Å². The Morgan fingerprint density at radius 1 is 1.12 bits per heavy atom. The Bertz CT molecular complexity index is 826. The summed E-state index contributed by atoms with van der Waals surface area (Å²) in [7, 11) is 2.02. The van der Waals surface area contributed by atoms with Gasteiger partial charge in [-0.15, -0.1) is 0 Å². The van der Waals surface area contributed by atoms with Crippen molar-refractivity contribution in [2.75, 3.05) is 25.2 Å². The van der Waals surface area contributed by atoms with Crippen molar-refractivity contribution in [3.63, 3.8) is 0 Å². The summed E-state index contributed by atoms with van der Waals surface area (Å²) in [5.41, 5.74) is 2.26. The van der Waals surface area contributed by atoms with E-state index in [2.05, 4.69) is 33.9 Å². The molecule has 1 saturated heterocycles. The van der Waals surface area contributed by atoms with E-state index in [1.54, 1.807) is 0 Å². The number of aryl methyl sites for hydroxylation is 1. The number of hydrogen-bond donors (Lipinski definition) is 2. The molecule has 2 N–H and O–H groups in total. The van der Waals surface area contributed by atoms with Crippen molar-refractivity contribution in [1.29, 1.82) is 0 Å². The van der Waals surface area contributed by atoms with Crippen LogP contribution in [0.3, 0.4) is 0 Å². The van der Waals surface area contributed by atoms with Gasteiger partial charge in [-0.05, 0) is 55.6 Å². The fourth-order valence-electron chi connectivity index (χ4n) is 3.35. The molecule has 0 saturated carbocycles. The molecule has 0 amide bonds. The predicted molar refractivity (Wildman–Crippen MR) is 102 cm³/mol. The number of nitrogens with one attached hydrogen (secondary N) is 2. The minimum Gasteiger partial charge on any atom is -0.454 e. The SMILES string of the molecule is Cn1cnc(Nc2ccc3c(c2)OCO3)cccc(C2CCNCC2)c1. The Hall–Kier alpha value is -2.73. The third-order valence-corrected chi connectivity index (χ3v) is 4.73. The van der Waals surface area contributed by atoms with E-state index in [4.69, 9.17) is 9.47 Å². The zero-order chi connectivity index (χ0) is 17.8. The number of nitrogens with zero attached hydrogens (tertiary/aromatic N) is 2. The summed E-state index contributed by atoms with van der Waals surface area (Å²) in [6, 6.07) is 12.1. The second kappa shape index (κ2) is 7.66. The highest BCUT2D eigenvalue weighted by Gasteiger charge is 2.15. The summed E-state index contributed by atoms with van der Waals surface area (Å²) >= 11 is 0. The third kappa shape index (κ3) is 3.91. The van der Waals surface area contributed by atoms with Crippen LogP contribution in [-0.4, -0.2) is 29.4 Å². The van der Waals surface area contributed by atoms with Gasteiger partial charge in [0.1, 0.15) is 5.82 Å². The molecule has 0 aliphatic carbocycles. The van der Waals surface area contributed by atoms with Crippen LogP contribution in [0, 0.1) is 0 Å². The number of aromatic nitrogens is 2. The second-order valence-corrected chi connectivity index (χ2v) is 6.67. The number of rotatable bonds is 3. The van der Waals surface area contributed by atoms with Gasteiger partial charge in [-0.1, -0.05) is 12.1 Å². The number of fused-ring (bicyclic) bond motifs is 1. The van der Waals surface area contributed by atoms with Crippen molar-refractivity contribution < 1.29 is 9.47 Å². The van der Waals surface area contributed by atoms with Crippen LogP contribution < -0.4 is 20.1 Å². The van der Waals surface area contributed by atoms with Gasteiger partial charge < -0.3 is 24.7 Å². The lowest BCUT2D eigenvalue weighted by molar-refractivity contribution is 0.174. The Labute approximate surface area is 153 Å². The van der Waals surface area contributed by atoms with Gasteiger partial charge in [0, 0.05) is 25.0 Å². The molecule has 1 aromatic carbocycles. The van der Waals surface area contributed by atoms with Crippen LogP contribution >= 0.6 is 0 Å². The Morgan fingerprint density at radius 3 is 2.85 bits per heavy atom. The number of piperidine rings is 1. The van der Waals surface area contributed by atoms with Crippen molar-refractivity contribution in [2.45, 2.75) is 18.8 Å². The molecule has 4 rings (SSSR count). The highest BCUT2D eigenvalue weighted by atomic mass is 16.7. The average molecular weight is 352 g/mol. The highest BCUT2D eigenvalue weighted by molar-refractivity contribution is 5.61. The molecule has 0 spiro atoms. The molecule has 0 bridgehead atoms. The van der Waals surface area contributed by atoms with Gasteiger partial charge in [0.25, 0.3) is 0 Å². The molecule has 0 radical (unpaired) electrons. The number of benzene rings is 1. The Balaban J connectivity index is 1.59. The summed E-state index contributed by atoms with van der Waals surface area (Å²) in [6.07, 6.45) is 6.35. The quantitative estimate of drug-likeness (QED) is 0.886. The molecule has 2 aromatic rings. The molecule has 2 aliphatic heterocycles. The molecule has 6 nitrogen and oxygen atoms in total. The summed E-state index contributed by atoms with van der Waals surface area (Å²) in [6.45, 7) is 2.44. The first kappa shape index (κ1) is 16.7. The average Bonchev–Trinajstić information content (AvgIpc) is 3.15. The van der Waals surface area contributed by atoms with E-state index in [0.717, 1.165) is 36.1 Å². The Kier molecular flexibility index (Phi) is 4.93. The van der Waals surface area contributed by atoms with Crippen LogP contribution in [0.1, 0.15) is 24.3 Å². The topological polar surface area (TPSA) is 60.3 Å². The smallest absolute Gasteiger partial charge is 0.231 e. The summed E-state index contributed by atoms with van der Waals surface area (Å²) in [5, 5.41) is 6.76. The van der Waals surface area contributed by atoms with Crippen LogP contribution in [0.5, 0.6) is 11.5 Å². The second-order valence-electron chi connectivity index (χ2n) is 6.67. The number of anilines is 2. The lowest BCUT2D eigenvalue weighted by Crippen LogP contribution is -2.26. The van der Waals surface area contributed by atoms with Crippen LogP contribution in [0.25, 0.3) is 0 Å². The molecule has 136 valence electrons. The summed E-state index contributed by atoms with van der Waals surface area (Å²) in [4.78, 5) is 4.56. The molecular formula is C20H24N4O2. The van der Waals surface area contributed by atoms with Crippen LogP contribution in [0.2, 0.25) is 0 Å². The van der Waals surface area contributed by atoms with Gasteiger partial charge in [-0.3, -0.25) is 0 Å². The van der Waals surface area contributed by atoms with Crippen molar-refractivity contribution >= 4 is 11.5 Å². The zero-order valence-corrected chi connectivity index (χ0v) is 14.9. The van der Waals surface area contributed by atoms with Crippen molar-refractivity contribution in [2.24, 2.45) is 7.05 Å². The largest absolute Gasteiger partial charge is 0.454 e. The lowest BCUT2D eigenvalue weighted by atomic mass is 9.92. The maximum Gasteiger partial charge on any atom is 0.231 e. The van der Waals surface area contributed by atoms with E-state index in [1.807, 2.05) is 42.2 Å². The minimum atomic E-state index is 0.276. The summed E-state index contributed by atoms with van der Waals surface area (Å²) in [5.74, 6) is 2.90. The van der Waals surface area contributed by atoms with Crippen LogP contribution in [-0.2, 0) is 7.05 Å². The van der Waals surface area contributed by atoms with E-state index in [1.165, 1.54) is 18.4 Å². The lowest BCUT2D eigenvalue weighted by Gasteiger charge is -2.22. The first-order valence-electron chi connectivity index (χ1n) is 9.01. The molecule has 26 heavy (non-hydrogen) atoms. The normalized spacial score (nSPS) is 16.2. The third-order valence-electron chi connectivity index (χ3n) is 4.73. The summed E-state index contributed by atoms with van der Waals surface area (Å²) < 4.78 is 12.8. The van der Waals surface area contributed by atoms with Gasteiger partial charge >= 0.3 is 0 Å². The molecule has 6 heteroatoms. The minimum absolute atomic E-state index is 0.276. The number of ether oxygens (including phenoxy) is 2. The van der Waals surface area contributed by atoms with E-state index in [9.17, 15) is 0 Å². The van der Waals surface area contributed by atoms with Gasteiger partial charge in [-0.25, -0.2) is 4.98 Å². The first-order chi connectivity index (χ1) is 12.8. The van der Waals surface area contributed by atoms with Crippen LogP contribution in [0.4, 0.5) is 11.5 Å². The van der Waals surface area contributed by atoms with Crippen molar-refractivity contribution in [3.05, 3.63) is 54.5 Å². The monoisotopic (exact) mass is 352 g/mol. The number of hydrogen-bond acceptors (Lipinski definition) is 5. The van der Waals surface area contributed by atoms with Crippen molar-refractivity contribution in [3.8, 4) is 11.5 Å². The highest BCUT2D eigenvalue weighted by Crippen LogP contribution is 2.34. The zero-order valence-electron chi connectivity index (χ0n) is 14.9. The van der Waals surface area contributed by atoms with Gasteiger partial charge in [0.05, 0.1) is 6.33 Å². The molecule has 3 heterocycles. The van der Waals surface area contributed by atoms with E-state index in [0.29, 0.717) is 5.92 Å². The predicted octanol–water partition coefficient (Wildman–Crippen LogP) is 3.48. The first-order valence-corrected chi connectivity index (χ1v) is 9.01. The van der Waals surface area contributed by atoms with Gasteiger partial charge in [0.2, 0.25) is 6.79 Å². The molecule has 0 atom stereocenters. The fraction of sp³-hybridized carbons (Fsp3) is 0.350. The van der Waals surface area contributed by atoms with Gasteiger partial charge in [-0.2, -0.15) is 0 Å². The van der Waals surface area contributed by atoms with Crippen molar-refractivity contribution in [1.82, 2.24) is 14.9 Å². The van der Waals surface area contributed by atoms with E-state index in [-0.39, 0.29) is 6.79 Å². The maximum atomic E-state index is 5.44. The fourth-order valence-corrected chi connectivity index (χ4v) is 3.35. The van der Waals surface area contributed by atoms with E-state index >= 15 is 0 Å². The molecule has 0 unspecified atom stereocenters. The molecule has 1 aromatic heterocycles. The van der Waals surface area contributed by atoms with E-state index < -0.39 is 0 Å². The molecule has 2 aliphatic rings. The molecule has 1 fully saturated rings. The molecular weight excluding hydrogens is 328 g/mol. The maximum absolute atomic E-state index is 5.44.